The van der Waals surface area contributed by atoms with E-state index in [1.54, 1.807) is 18.2 Å². The first kappa shape index (κ1) is 38.6. The molecular formula is C41H59N5O5S. The summed E-state index contributed by atoms with van der Waals surface area (Å²) < 4.78 is 49.1. The molecule has 3 aliphatic rings. The molecule has 2 aromatic carbocycles. The van der Waals surface area contributed by atoms with E-state index in [0.717, 1.165) is 48.2 Å². The number of ether oxygens (including phenoxy) is 3. The van der Waals surface area contributed by atoms with Crippen molar-refractivity contribution in [2.75, 3.05) is 31.1 Å². The fourth-order valence-corrected chi connectivity index (χ4v) is 9.76. The number of hydrogen-bond donors (Lipinski definition) is 1. The van der Waals surface area contributed by atoms with Crippen molar-refractivity contribution < 1.29 is 22.6 Å². The standard InChI is InChI=1S/C41H59N5O5S/c1-27-12-10-13-28(2)38(27)36-17-37-43-39(42-36)44-52(47,48)35-15-11-14-32(16-35)24-49-26-46(34(25-50-37)19-40(6,7)8)29(3)18-41(9)20-33(21-41)45-22-30(4)51-31(5)23-45/h10-17,29-31,33-34H,18-26H2,1-9H3,(H,42,43,44)/t29?,30-,31+,33?,34-,41?/m1/s1. The zero-order chi connectivity index (χ0) is 37.4. The van der Waals surface area contributed by atoms with Crippen molar-refractivity contribution >= 4 is 16.0 Å². The molecule has 284 valence electrons. The SMILES string of the molecule is Cc1cccc(C)c1-c1cc2nc(n1)NS(=O)(=O)c1cccc(c1)COCN(C(C)CC1(C)CC(N3C[C@@H](C)O[C@@H](C)C3)C1)[C@H](CC(C)(C)C)CO2. The predicted octanol–water partition coefficient (Wildman–Crippen LogP) is 7.59. The number of nitrogens with zero attached hydrogens (tertiary/aromatic N) is 4. The minimum Gasteiger partial charge on any atom is -0.476 e. The second kappa shape index (κ2) is 15.3. The summed E-state index contributed by atoms with van der Waals surface area (Å²) in [4.78, 5) is 14.6. The van der Waals surface area contributed by atoms with Crippen LogP contribution in [0.1, 0.15) is 90.8 Å². The third-order valence-electron chi connectivity index (χ3n) is 10.9. The molecule has 1 N–H and O–H groups in total. The molecule has 4 bridgehead atoms. The van der Waals surface area contributed by atoms with Crippen LogP contribution in [0.15, 0.2) is 53.4 Å². The fraction of sp³-hybridized carbons (Fsp3) is 0.610. The van der Waals surface area contributed by atoms with Crippen LogP contribution in [0, 0.1) is 24.7 Å². The van der Waals surface area contributed by atoms with Crippen LogP contribution >= 0.6 is 0 Å². The minimum absolute atomic E-state index is 0.00522. The maximum Gasteiger partial charge on any atom is 0.264 e. The number of nitrogens with one attached hydrogen (secondary N) is 1. The lowest BCUT2D eigenvalue weighted by Crippen LogP contribution is -2.58. The first-order valence-electron chi connectivity index (χ1n) is 18.9. The van der Waals surface area contributed by atoms with Gasteiger partial charge in [0, 0.05) is 42.8 Å². The highest BCUT2D eigenvalue weighted by Gasteiger charge is 2.46. The third-order valence-corrected chi connectivity index (χ3v) is 12.2. The quantitative estimate of drug-likeness (QED) is 0.274. The molecular weight excluding hydrogens is 675 g/mol. The second-order valence-corrected chi connectivity index (χ2v) is 19.0. The number of benzene rings is 2. The van der Waals surface area contributed by atoms with Crippen LogP contribution < -0.4 is 9.46 Å². The molecule has 0 radical (unpaired) electrons. The zero-order valence-electron chi connectivity index (χ0n) is 32.6. The van der Waals surface area contributed by atoms with Crippen molar-refractivity contribution in [2.45, 2.75) is 130 Å². The Morgan fingerprint density at radius 3 is 2.35 bits per heavy atom. The normalized spacial score (nSPS) is 28.0. The molecule has 0 spiro atoms. The highest BCUT2D eigenvalue weighted by molar-refractivity contribution is 7.92. The number of hydrogen-bond acceptors (Lipinski definition) is 9. The van der Waals surface area contributed by atoms with Crippen molar-refractivity contribution in [1.29, 1.82) is 0 Å². The molecule has 0 amide bonds. The van der Waals surface area contributed by atoms with Crippen molar-refractivity contribution in [1.82, 2.24) is 19.8 Å². The molecule has 2 fully saturated rings. The van der Waals surface area contributed by atoms with Gasteiger partial charge in [0.05, 0.1) is 29.4 Å². The third kappa shape index (κ3) is 9.34. The van der Waals surface area contributed by atoms with Gasteiger partial charge < -0.3 is 14.2 Å². The summed E-state index contributed by atoms with van der Waals surface area (Å²) in [5.74, 6) is 0.296. The van der Waals surface area contributed by atoms with Gasteiger partial charge in [0.1, 0.15) is 13.3 Å². The summed E-state index contributed by atoms with van der Waals surface area (Å²) in [6.45, 7) is 23.0. The summed E-state index contributed by atoms with van der Waals surface area (Å²) in [5, 5.41) is 0. The summed E-state index contributed by atoms with van der Waals surface area (Å²) in [5.41, 5.74) is 4.60. The molecule has 1 aliphatic carbocycles. The Balaban J connectivity index is 1.32. The summed E-state index contributed by atoms with van der Waals surface area (Å²) in [6, 6.07) is 15.6. The van der Waals surface area contributed by atoms with E-state index in [-0.39, 0.29) is 52.6 Å². The van der Waals surface area contributed by atoms with Gasteiger partial charge in [-0.25, -0.2) is 18.1 Å². The first-order valence-corrected chi connectivity index (χ1v) is 20.4. The van der Waals surface area contributed by atoms with E-state index >= 15 is 0 Å². The van der Waals surface area contributed by atoms with Crippen LogP contribution in [0.5, 0.6) is 5.88 Å². The van der Waals surface area contributed by atoms with Crippen molar-refractivity contribution in [3.05, 3.63) is 65.2 Å². The van der Waals surface area contributed by atoms with Crippen LogP contribution in [0.3, 0.4) is 0 Å². The smallest absolute Gasteiger partial charge is 0.264 e. The number of anilines is 1. The average Bonchev–Trinajstić information content (AvgIpc) is 3.02. The van der Waals surface area contributed by atoms with Gasteiger partial charge in [-0.05, 0) is 100.0 Å². The predicted molar refractivity (Wildman–Crippen MR) is 206 cm³/mol. The Kier molecular flexibility index (Phi) is 11.4. The molecule has 1 unspecified atom stereocenters. The number of rotatable bonds is 6. The monoisotopic (exact) mass is 733 g/mol. The lowest BCUT2D eigenvalue weighted by atomic mass is 9.63. The first-order chi connectivity index (χ1) is 24.5. The fourth-order valence-electron chi connectivity index (χ4n) is 8.74. The number of aromatic nitrogens is 2. The van der Waals surface area contributed by atoms with Gasteiger partial charge in [0.2, 0.25) is 11.8 Å². The molecule has 1 aromatic heterocycles. The average molecular weight is 734 g/mol. The Labute approximate surface area is 311 Å². The van der Waals surface area contributed by atoms with Gasteiger partial charge in [0.25, 0.3) is 10.0 Å². The van der Waals surface area contributed by atoms with E-state index in [1.165, 1.54) is 12.8 Å². The maximum absolute atomic E-state index is 13.7. The Morgan fingerprint density at radius 1 is 1.00 bits per heavy atom. The van der Waals surface area contributed by atoms with Crippen LogP contribution in [-0.4, -0.2) is 84.9 Å². The van der Waals surface area contributed by atoms with E-state index in [4.69, 9.17) is 19.2 Å². The van der Waals surface area contributed by atoms with Gasteiger partial charge in [-0.3, -0.25) is 9.80 Å². The van der Waals surface area contributed by atoms with Gasteiger partial charge >= 0.3 is 0 Å². The van der Waals surface area contributed by atoms with Crippen LogP contribution in [-0.2, 0) is 26.1 Å². The number of sulfonamides is 1. The van der Waals surface area contributed by atoms with Gasteiger partial charge in [-0.2, -0.15) is 4.98 Å². The van der Waals surface area contributed by atoms with E-state index in [2.05, 4.69) is 68.0 Å². The molecule has 2 aliphatic heterocycles. The van der Waals surface area contributed by atoms with Crippen LogP contribution in [0.2, 0.25) is 0 Å². The summed E-state index contributed by atoms with van der Waals surface area (Å²) >= 11 is 0. The van der Waals surface area contributed by atoms with Crippen LogP contribution in [0.4, 0.5) is 5.95 Å². The molecule has 52 heavy (non-hydrogen) atoms. The van der Waals surface area contributed by atoms with E-state index in [0.29, 0.717) is 31.0 Å². The topological polar surface area (TPSA) is 106 Å². The summed E-state index contributed by atoms with van der Waals surface area (Å²) in [6.07, 6.45) is 4.78. The highest BCUT2D eigenvalue weighted by Crippen LogP contribution is 2.48. The van der Waals surface area contributed by atoms with E-state index < -0.39 is 10.0 Å². The zero-order valence-corrected chi connectivity index (χ0v) is 33.4. The van der Waals surface area contributed by atoms with Crippen LogP contribution in [0.25, 0.3) is 11.3 Å². The van der Waals surface area contributed by atoms with E-state index in [1.807, 2.05) is 44.2 Å². The molecule has 6 rings (SSSR count). The van der Waals surface area contributed by atoms with Crippen molar-refractivity contribution in [3.8, 4) is 17.1 Å². The molecule has 10 nitrogen and oxygen atoms in total. The molecule has 1 saturated heterocycles. The minimum atomic E-state index is -4.00. The van der Waals surface area contributed by atoms with Crippen molar-refractivity contribution in [3.63, 3.8) is 0 Å². The van der Waals surface area contributed by atoms with Gasteiger partial charge in [-0.15, -0.1) is 0 Å². The number of fused-ring (bicyclic) bond motifs is 4. The lowest BCUT2D eigenvalue weighted by Gasteiger charge is -2.54. The molecule has 4 atom stereocenters. The second-order valence-electron chi connectivity index (χ2n) is 17.3. The largest absolute Gasteiger partial charge is 0.476 e. The lowest BCUT2D eigenvalue weighted by molar-refractivity contribution is -0.115. The molecule has 11 heteroatoms. The Morgan fingerprint density at radius 2 is 1.67 bits per heavy atom. The molecule has 3 heterocycles. The number of morpholine rings is 1. The van der Waals surface area contributed by atoms with Gasteiger partial charge in [-0.1, -0.05) is 58.0 Å². The Bertz CT molecular complexity index is 1790. The van der Waals surface area contributed by atoms with E-state index in [9.17, 15) is 8.42 Å². The number of aryl methyl sites for hydroxylation is 2. The molecule has 3 aromatic rings. The van der Waals surface area contributed by atoms with Gasteiger partial charge in [0.15, 0.2) is 0 Å². The Hall–Kier alpha value is -3.09. The van der Waals surface area contributed by atoms with Crippen molar-refractivity contribution in [2.24, 2.45) is 10.8 Å². The highest BCUT2D eigenvalue weighted by atomic mass is 32.2. The molecule has 1 saturated carbocycles. The summed E-state index contributed by atoms with van der Waals surface area (Å²) in [7, 11) is -4.00. The maximum atomic E-state index is 13.7.